The van der Waals surface area contributed by atoms with E-state index in [1.54, 1.807) is 0 Å². The number of aryl methyl sites for hydroxylation is 1. The molecule has 0 radical (unpaired) electrons. The molecule has 2 amide bonds. The highest BCUT2D eigenvalue weighted by molar-refractivity contribution is 5.99. The summed E-state index contributed by atoms with van der Waals surface area (Å²) < 4.78 is 0. The minimum Gasteiger partial charge on any atom is -0.371 e. The third kappa shape index (κ3) is 6.45. The molecule has 3 aromatic carbocycles. The number of rotatable bonds is 8. The van der Waals surface area contributed by atoms with Crippen LogP contribution in [0, 0.1) is 0 Å². The van der Waals surface area contributed by atoms with Gasteiger partial charge in [0.2, 0.25) is 5.91 Å². The molecule has 0 saturated carbocycles. The second-order valence-corrected chi connectivity index (χ2v) is 8.50. The molecule has 0 bridgehead atoms. The van der Waals surface area contributed by atoms with E-state index in [2.05, 4.69) is 27.7 Å². The molecule has 0 aromatic heterocycles. The number of anilines is 1. The van der Waals surface area contributed by atoms with Gasteiger partial charge in [-0.25, -0.2) is 0 Å². The van der Waals surface area contributed by atoms with E-state index in [0.29, 0.717) is 18.5 Å². The molecule has 0 unspecified atom stereocenters. The molecule has 170 valence electrons. The Morgan fingerprint density at radius 1 is 0.788 bits per heavy atom. The van der Waals surface area contributed by atoms with Crippen LogP contribution < -0.4 is 15.5 Å². The van der Waals surface area contributed by atoms with E-state index in [0.717, 1.165) is 43.6 Å². The largest absolute Gasteiger partial charge is 0.371 e. The van der Waals surface area contributed by atoms with E-state index in [9.17, 15) is 9.59 Å². The molecule has 1 fully saturated rings. The van der Waals surface area contributed by atoms with Crippen LogP contribution in [0.25, 0.3) is 0 Å². The van der Waals surface area contributed by atoms with Crippen LogP contribution in [0.1, 0.15) is 40.7 Å². The van der Waals surface area contributed by atoms with Gasteiger partial charge >= 0.3 is 0 Å². The van der Waals surface area contributed by atoms with E-state index in [4.69, 9.17) is 0 Å². The van der Waals surface area contributed by atoms with Crippen LogP contribution in [0.2, 0.25) is 0 Å². The highest BCUT2D eigenvalue weighted by Crippen LogP contribution is 2.24. The van der Waals surface area contributed by atoms with Gasteiger partial charge in [-0.2, -0.15) is 0 Å². The van der Waals surface area contributed by atoms with E-state index in [1.165, 1.54) is 5.56 Å². The van der Waals surface area contributed by atoms with Gasteiger partial charge in [-0.15, -0.1) is 0 Å². The molecule has 1 aliphatic heterocycles. The van der Waals surface area contributed by atoms with E-state index in [-0.39, 0.29) is 17.9 Å². The summed E-state index contributed by atoms with van der Waals surface area (Å²) in [5.74, 6) is 0.0452. The number of nitrogens with zero attached hydrogens (tertiary/aromatic N) is 1. The lowest BCUT2D eigenvalue weighted by Gasteiger charge is -2.35. The standard InChI is InChI=1S/C28H31N3O2/c32-27(16-15-22-9-3-1-4-10-22)30-24-17-19-31(20-18-24)26-14-8-7-13-25(26)28(33)29-21-23-11-5-2-6-12-23/h1-14,24H,15-21H2,(H,29,33)(H,30,32). The van der Waals surface area contributed by atoms with Gasteiger partial charge in [0.15, 0.2) is 0 Å². The smallest absolute Gasteiger partial charge is 0.253 e. The summed E-state index contributed by atoms with van der Waals surface area (Å²) in [5.41, 5.74) is 3.91. The molecule has 0 atom stereocenters. The maximum absolute atomic E-state index is 12.9. The molecular formula is C28H31N3O2. The highest BCUT2D eigenvalue weighted by Gasteiger charge is 2.23. The van der Waals surface area contributed by atoms with Crippen LogP contribution in [-0.4, -0.2) is 30.9 Å². The van der Waals surface area contributed by atoms with Crippen molar-refractivity contribution in [3.63, 3.8) is 0 Å². The van der Waals surface area contributed by atoms with Crippen LogP contribution in [0.5, 0.6) is 0 Å². The van der Waals surface area contributed by atoms with Gasteiger partial charge in [-0.3, -0.25) is 9.59 Å². The monoisotopic (exact) mass is 441 g/mol. The van der Waals surface area contributed by atoms with Crippen molar-refractivity contribution in [1.29, 1.82) is 0 Å². The first-order chi connectivity index (χ1) is 16.2. The second-order valence-electron chi connectivity index (χ2n) is 8.50. The zero-order valence-electron chi connectivity index (χ0n) is 18.9. The average molecular weight is 442 g/mol. The van der Waals surface area contributed by atoms with Crippen molar-refractivity contribution in [3.8, 4) is 0 Å². The van der Waals surface area contributed by atoms with Gasteiger partial charge in [0, 0.05) is 37.8 Å². The molecule has 2 N–H and O–H groups in total. The predicted octanol–water partition coefficient (Wildman–Crippen LogP) is 4.33. The number of para-hydroxylation sites is 1. The normalized spacial score (nSPS) is 14.0. The molecular weight excluding hydrogens is 410 g/mol. The minimum atomic E-state index is -0.0641. The third-order valence-corrected chi connectivity index (χ3v) is 6.13. The third-order valence-electron chi connectivity index (χ3n) is 6.13. The van der Waals surface area contributed by atoms with Crippen LogP contribution >= 0.6 is 0 Å². The Bertz CT molecular complexity index is 1050. The van der Waals surface area contributed by atoms with Crippen LogP contribution in [-0.2, 0) is 17.8 Å². The molecule has 33 heavy (non-hydrogen) atoms. The molecule has 1 saturated heterocycles. The summed E-state index contributed by atoms with van der Waals surface area (Å²) in [5, 5.41) is 6.23. The first-order valence-corrected chi connectivity index (χ1v) is 11.7. The van der Waals surface area contributed by atoms with Gasteiger partial charge in [0.25, 0.3) is 5.91 Å². The Kier molecular flexibility index (Phi) is 7.75. The number of amides is 2. The summed E-state index contributed by atoms with van der Waals surface area (Å²) in [6.45, 7) is 2.13. The number of benzene rings is 3. The zero-order chi connectivity index (χ0) is 22.9. The van der Waals surface area contributed by atoms with Gasteiger partial charge in [0.1, 0.15) is 0 Å². The van der Waals surface area contributed by atoms with Crippen LogP contribution in [0.3, 0.4) is 0 Å². The predicted molar refractivity (Wildman–Crippen MR) is 132 cm³/mol. The molecule has 5 heteroatoms. The van der Waals surface area contributed by atoms with Gasteiger partial charge in [-0.1, -0.05) is 72.8 Å². The van der Waals surface area contributed by atoms with E-state index >= 15 is 0 Å². The van der Waals surface area contributed by atoms with Crippen molar-refractivity contribution in [2.24, 2.45) is 0 Å². The minimum absolute atomic E-state index is 0.0641. The molecule has 4 rings (SSSR count). The number of hydrogen-bond donors (Lipinski definition) is 2. The van der Waals surface area contributed by atoms with Crippen molar-refractivity contribution in [1.82, 2.24) is 10.6 Å². The van der Waals surface area contributed by atoms with Crippen LogP contribution in [0.15, 0.2) is 84.9 Å². The van der Waals surface area contributed by atoms with Crippen molar-refractivity contribution in [2.75, 3.05) is 18.0 Å². The summed E-state index contributed by atoms with van der Waals surface area (Å²) >= 11 is 0. The fraction of sp³-hybridized carbons (Fsp3) is 0.286. The first-order valence-electron chi connectivity index (χ1n) is 11.7. The van der Waals surface area contributed by atoms with Crippen molar-refractivity contribution in [2.45, 2.75) is 38.3 Å². The van der Waals surface area contributed by atoms with E-state index in [1.807, 2.05) is 72.8 Å². The lowest BCUT2D eigenvalue weighted by Crippen LogP contribution is -2.45. The Morgan fingerprint density at radius 2 is 1.39 bits per heavy atom. The van der Waals surface area contributed by atoms with Gasteiger partial charge < -0.3 is 15.5 Å². The Morgan fingerprint density at radius 3 is 2.09 bits per heavy atom. The summed E-state index contributed by atoms with van der Waals surface area (Å²) in [4.78, 5) is 27.5. The molecule has 1 heterocycles. The van der Waals surface area contributed by atoms with Crippen LogP contribution in [0.4, 0.5) is 5.69 Å². The van der Waals surface area contributed by atoms with Crippen molar-refractivity contribution < 1.29 is 9.59 Å². The van der Waals surface area contributed by atoms with Gasteiger partial charge in [-0.05, 0) is 42.5 Å². The maximum atomic E-state index is 12.9. The number of carbonyl (C=O) groups is 2. The number of nitrogens with one attached hydrogen (secondary N) is 2. The Hall–Kier alpha value is -3.60. The number of carbonyl (C=O) groups excluding carboxylic acids is 2. The van der Waals surface area contributed by atoms with Crippen molar-refractivity contribution >= 4 is 17.5 Å². The highest BCUT2D eigenvalue weighted by atomic mass is 16.2. The van der Waals surface area contributed by atoms with Crippen molar-refractivity contribution in [3.05, 3.63) is 102 Å². The van der Waals surface area contributed by atoms with E-state index < -0.39 is 0 Å². The summed E-state index contributed by atoms with van der Waals surface area (Å²) in [7, 11) is 0. The summed E-state index contributed by atoms with van der Waals surface area (Å²) in [6.07, 6.45) is 3.01. The molecule has 5 nitrogen and oxygen atoms in total. The fourth-order valence-electron chi connectivity index (χ4n) is 4.28. The lowest BCUT2D eigenvalue weighted by atomic mass is 10.0. The Balaban J connectivity index is 1.28. The molecule has 1 aliphatic rings. The average Bonchev–Trinajstić information content (AvgIpc) is 2.88. The SMILES string of the molecule is O=C(CCc1ccccc1)NC1CCN(c2ccccc2C(=O)NCc2ccccc2)CC1. The van der Waals surface area contributed by atoms with Gasteiger partial charge in [0.05, 0.1) is 5.56 Å². The maximum Gasteiger partial charge on any atom is 0.253 e. The molecule has 3 aromatic rings. The number of piperidine rings is 1. The molecule has 0 aliphatic carbocycles. The summed E-state index contributed by atoms with van der Waals surface area (Å²) in [6, 6.07) is 28.0. The Labute approximate surface area is 195 Å². The zero-order valence-corrected chi connectivity index (χ0v) is 18.9. The topological polar surface area (TPSA) is 61.4 Å². The second kappa shape index (κ2) is 11.3. The lowest BCUT2D eigenvalue weighted by molar-refractivity contribution is -0.121. The fourth-order valence-corrected chi connectivity index (χ4v) is 4.28. The quantitative estimate of drug-likeness (QED) is 0.547. The molecule has 0 spiro atoms. The number of hydrogen-bond acceptors (Lipinski definition) is 3. The first kappa shape index (κ1) is 22.6.